The lowest BCUT2D eigenvalue weighted by Gasteiger charge is -2.10. The molecule has 1 N–H and O–H groups in total. The fraction of sp³-hybridized carbons (Fsp3) is 0.417. The predicted octanol–water partition coefficient (Wildman–Crippen LogP) is 3.58. The van der Waals surface area contributed by atoms with Gasteiger partial charge in [0, 0.05) is 26.5 Å². The van der Waals surface area contributed by atoms with Gasteiger partial charge in [-0.05, 0) is 47.2 Å². The molecule has 0 aliphatic heterocycles. The van der Waals surface area contributed by atoms with E-state index in [2.05, 4.69) is 59.8 Å². The molecule has 0 aliphatic rings. The lowest BCUT2D eigenvalue weighted by atomic mass is 10.2. The van der Waals surface area contributed by atoms with E-state index in [-0.39, 0.29) is 10.7 Å². The van der Waals surface area contributed by atoms with Gasteiger partial charge in [-0.15, -0.1) is 0 Å². The van der Waals surface area contributed by atoms with E-state index >= 15 is 0 Å². The Kier molecular flexibility index (Phi) is 7.74. The monoisotopic (exact) mass is 489 g/mol. The van der Waals surface area contributed by atoms with Gasteiger partial charge in [-0.1, -0.05) is 31.9 Å². The summed E-state index contributed by atoms with van der Waals surface area (Å²) in [5.41, 5.74) is 0.697. The number of ether oxygens (including phenoxy) is 1. The first-order chi connectivity index (χ1) is 8.54. The highest BCUT2D eigenvalue weighted by Gasteiger charge is 2.11. The molecule has 18 heavy (non-hydrogen) atoms. The molecule has 0 fully saturated rings. The quantitative estimate of drug-likeness (QED) is 0.489. The number of amides is 1. The lowest BCUT2D eigenvalue weighted by molar-refractivity contribution is 0.0951. The molecule has 1 atom stereocenters. The minimum atomic E-state index is -0.0437. The van der Waals surface area contributed by atoms with Crippen LogP contribution in [-0.4, -0.2) is 31.0 Å². The summed E-state index contributed by atoms with van der Waals surface area (Å²) in [6.07, 6.45) is 0.837. The van der Waals surface area contributed by atoms with Crippen molar-refractivity contribution in [3.8, 4) is 0 Å². The highest BCUT2D eigenvalue weighted by molar-refractivity contribution is 14.1. The van der Waals surface area contributed by atoms with Gasteiger partial charge in [-0.3, -0.25) is 4.79 Å². The maximum Gasteiger partial charge on any atom is 0.252 e. The van der Waals surface area contributed by atoms with Crippen LogP contribution in [-0.2, 0) is 4.74 Å². The van der Waals surface area contributed by atoms with E-state index in [9.17, 15) is 4.79 Å². The summed E-state index contributed by atoms with van der Waals surface area (Å²) in [7, 11) is 1.66. The number of carbonyl (C=O) groups is 1. The number of halogens is 3. The predicted molar refractivity (Wildman–Crippen MR) is 88.4 cm³/mol. The number of hydrogen-bond acceptors (Lipinski definition) is 2. The van der Waals surface area contributed by atoms with Gasteiger partial charge in [0.25, 0.3) is 5.91 Å². The van der Waals surface area contributed by atoms with Crippen LogP contribution in [0.3, 0.4) is 0 Å². The normalized spacial score (nSPS) is 12.2. The zero-order valence-corrected chi connectivity index (χ0v) is 15.2. The zero-order chi connectivity index (χ0) is 13.5. The number of alkyl halides is 1. The van der Waals surface area contributed by atoms with Crippen molar-refractivity contribution in [2.24, 2.45) is 0 Å². The largest absolute Gasteiger partial charge is 0.384 e. The van der Waals surface area contributed by atoms with Crippen molar-refractivity contribution in [3.63, 3.8) is 0 Å². The number of benzene rings is 1. The summed E-state index contributed by atoms with van der Waals surface area (Å²) in [5.74, 6) is -0.0437. The third kappa shape index (κ3) is 5.54. The zero-order valence-electron chi connectivity index (χ0n) is 9.88. The van der Waals surface area contributed by atoms with Crippen LogP contribution in [0.1, 0.15) is 16.8 Å². The standard InChI is InChI=1S/C12H14Br2INO2/c1-18-7-9(14)4-5-16-12(17)10-6-8(13)2-3-11(10)15/h2-3,6,9H,4-5,7H2,1H3,(H,16,17). The molecule has 0 bridgehead atoms. The molecule has 0 saturated heterocycles. The molecule has 0 aliphatic carbocycles. The van der Waals surface area contributed by atoms with E-state index in [1.807, 2.05) is 18.2 Å². The second kappa shape index (κ2) is 8.50. The summed E-state index contributed by atoms with van der Waals surface area (Å²) in [5, 5.41) is 2.91. The molecule has 1 unspecified atom stereocenters. The highest BCUT2D eigenvalue weighted by atomic mass is 127. The molecule has 1 aromatic rings. The lowest BCUT2D eigenvalue weighted by Crippen LogP contribution is -2.27. The fourth-order valence-corrected chi connectivity index (χ4v) is 2.81. The van der Waals surface area contributed by atoms with Gasteiger partial charge in [0.1, 0.15) is 0 Å². The Morgan fingerprint density at radius 1 is 1.56 bits per heavy atom. The van der Waals surface area contributed by atoms with Crippen LogP contribution in [0, 0.1) is 3.57 Å². The fourth-order valence-electron chi connectivity index (χ4n) is 1.37. The Morgan fingerprint density at radius 2 is 2.28 bits per heavy atom. The van der Waals surface area contributed by atoms with Crippen LogP contribution >= 0.6 is 54.5 Å². The van der Waals surface area contributed by atoms with Crippen molar-refractivity contribution in [3.05, 3.63) is 31.8 Å². The van der Waals surface area contributed by atoms with Gasteiger partial charge in [0.2, 0.25) is 0 Å². The molecule has 0 radical (unpaired) electrons. The Hall–Kier alpha value is 0.340. The van der Waals surface area contributed by atoms with E-state index < -0.39 is 0 Å². The van der Waals surface area contributed by atoms with Crippen molar-refractivity contribution in [2.75, 3.05) is 20.3 Å². The maximum atomic E-state index is 12.0. The average molecular weight is 491 g/mol. The second-order valence-electron chi connectivity index (χ2n) is 3.72. The molecule has 1 amide bonds. The van der Waals surface area contributed by atoms with Crippen LogP contribution in [0.15, 0.2) is 22.7 Å². The second-order valence-corrected chi connectivity index (χ2v) is 7.09. The number of rotatable bonds is 6. The molecular formula is C12H14Br2INO2. The van der Waals surface area contributed by atoms with E-state index in [0.717, 1.165) is 14.5 Å². The van der Waals surface area contributed by atoms with E-state index in [1.54, 1.807) is 7.11 Å². The minimum Gasteiger partial charge on any atom is -0.384 e. The Balaban J connectivity index is 2.48. The molecule has 0 saturated carbocycles. The van der Waals surface area contributed by atoms with Gasteiger partial charge in [-0.25, -0.2) is 0 Å². The van der Waals surface area contributed by atoms with Crippen LogP contribution in [0.2, 0.25) is 0 Å². The third-order valence-electron chi connectivity index (χ3n) is 2.26. The highest BCUT2D eigenvalue weighted by Crippen LogP contribution is 2.18. The van der Waals surface area contributed by atoms with Gasteiger partial charge >= 0.3 is 0 Å². The minimum absolute atomic E-state index is 0.0437. The summed E-state index contributed by atoms with van der Waals surface area (Å²) in [6.45, 7) is 1.27. The SMILES string of the molecule is COCC(Br)CCNC(=O)c1cc(Br)ccc1I. The first-order valence-electron chi connectivity index (χ1n) is 5.41. The molecule has 3 nitrogen and oxygen atoms in total. The summed E-state index contributed by atoms with van der Waals surface area (Å²) in [4.78, 5) is 12.2. The molecular weight excluding hydrogens is 477 g/mol. The van der Waals surface area contributed by atoms with Gasteiger partial charge < -0.3 is 10.1 Å². The average Bonchev–Trinajstić information content (AvgIpc) is 2.32. The third-order valence-corrected chi connectivity index (χ3v) is 4.42. The van der Waals surface area contributed by atoms with Crippen molar-refractivity contribution < 1.29 is 9.53 Å². The van der Waals surface area contributed by atoms with Crippen molar-refractivity contribution >= 4 is 60.4 Å². The topological polar surface area (TPSA) is 38.3 Å². The molecule has 6 heteroatoms. The maximum absolute atomic E-state index is 12.0. The van der Waals surface area contributed by atoms with Gasteiger partial charge in [0.05, 0.1) is 12.2 Å². The number of nitrogens with one attached hydrogen (secondary N) is 1. The van der Waals surface area contributed by atoms with Crippen LogP contribution in [0.4, 0.5) is 0 Å². The molecule has 1 rings (SSSR count). The smallest absolute Gasteiger partial charge is 0.252 e. The van der Waals surface area contributed by atoms with Crippen LogP contribution in [0.5, 0.6) is 0 Å². The molecule has 0 aromatic heterocycles. The Bertz CT molecular complexity index is 415. The van der Waals surface area contributed by atoms with Gasteiger partial charge in [0.15, 0.2) is 0 Å². The van der Waals surface area contributed by atoms with E-state index in [1.165, 1.54) is 0 Å². The van der Waals surface area contributed by atoms with E-state index in [0.29, 0.717) is 18.7 Å². The van der Waals surface area contributed by atoms with Crippen LogP contribution < -0.4 is 5.32 Å². The number of methoxy groups -OCH3 is 1. The molecule has 0 spiro atoms. The summed E-state index contributed by atoms with van der Waals surface area (Å²) < 4.78 is 6.87. The van der Waals surface area contributed by atoms with Crippen molar-refractivity contribution in [1.29, 1.82) is 0 Å². The summed E-state index contributed by atoms with van der Waals surface area (Å²) in [6, 6.07) is 5.67. The number of hydrogen-bond donors (Lipinski definition) is 1. The van der Waals surface area contributed by atoms with Gasteiger partial charge in [-0.2, -0.15) is 0 Å². The summed E-state index contributed by atoms with van der Waals surface area (Å²) >= 11 is 9.01. The number of carbonyl (C=O) groups excluding carboxylic acids is 1. The molecule has 1 aromatic carbocycles. The Labute approximate surface area is 137 Å². The van der Waals surface area contributed by atoms with Crippen molar-refractivity contribution in [2.45, 2.75) is 11.2 Å². The Morgan fingerprint density at radius 3 is 2.94 bits per heavy atom. The molecule has 0 heterocycles. The first-order valence-corrected chi connectivity index (χ1v) is 8.19. The van der Waals surface area contributed by atoms with Crippen molar-refractivity contribution in [1.82, 2.24) is 5.32 Å². The van der Waals surface area contributed by atoms with Crippen LogP contribution in [0.25, 0.3) is 0 Å². The molecule has 100 valence electrons. The first kappa shape index (κ1) is 16.4. The van der Waals surface area contributed by atoms with E-state index in [4.69, 9.17) is 4.74 Å².